The first kappa shape index (κ1) is 13.8. The Labute approximate surface area is 123 Å². The molecule has 0 saturated heterocycles. The number of aromatic amines is 1. The standard InChI is InChI=1S/C16H19N3O2/c1-11-17-15-7-8-19(10-14(15)16(20)18-11)9-12-3-5-13(21-2)6-4-12/h3-6H,7-10H2,1-2H3,(H,17,18,20). The number of nitrogens with one attached hydrogen (secondary N) is 1. The molecule has 21 heavy (non-hydrogen) atoms. The van der Waals surface area contributed by atoms with Crippen LogP contribution in [-0.4, -0.2) is 28.5 Å². The second-order valence-electron chi connectivity index (χ2n) is 5.39. The lowest BCUT2D eigenvalue weighted by Crippen LogP contribution is -2.35. The van der Waals surface area contributed by atoms with E-state index >= 15 is 0 Å². The summed E-state index contributed by atoms with van der Waals surface area (Å²) in [7, 11) is 1.66. The quantitative estimate of drug-likeness (QED) is 0.931. The van der Waals surface area contributed by atoms with Gasteiger partial charge in [-0.3, -0.25) is 9.69 Å². The van der Waals surface area contributed by atoms with Gasteiger partial charge in [-0.25, -0.2) is 4.98 Å². The fourth-order valence-corrected chi connectivity index (χ4v) is 2.73. The van der Waals surface area contributed by atoms with Gasteiger partial charge in [0.15, 0.2) is 0 Å². The molecule has 0 unspecified atom stereocenters. The Bertz CT molecular complexity index is 692. The van der Waals surface area contributed by atoms with Gasteiger partial charge in [-0.2, -0.15) is 0 Å². The molecule has 1 aromatic heterocycles. The predicted molar refractivity (Wildman–Crippen MR) is 80.4 cm³/mol. The highest BCUT2D eigenvalue weighted by Crippen LogP contribution is 2.18. The van der Waals surface area contributed by atoms with Gasteiger partial charge in [-0.15, -0.1) is 0 Å². The molecule has 1 aromatic carbocycles. The normalized spacial score (nSPS) is 14.8. The number of H-pyrrole nitrogens is 1. The fraction of sp³-hybridized carbons (Fsp3) is 0.375. The van der Waals surface area contributed by atoms with Gasteiger partial charge >= 0.3 is 0 Å². The summed E-state index contributed by atoms with van der Waals surface area (Å²) in [5.41, 5.74) is 2.97. The van der Waals surface area contributed by atoms with Crippen molar-refractivity contribution in [3.63, 3.8) is 0 Å². The van der Waals surface area contributed by atoms with Gasteiger partial charge < -0.3 is 9.72 Å². The molecular weight excluding hydrogens is 266 g/mol. The van der Waals surface area contributed by atoms with Crippen LogP contribution in [-0.2, 0) is 19.5 Å². The first-order chi connectivity index (χ1) is 10.2. The van der Waals surface area contributed by atoms with Crippen molar-refractivity contribution in [2.75, 3.05) is 13.7 Å². The predicted octanol–water partition coefficient (Wildman–Crippen LogP) is 1.65. The highest BCUT2D eigenvalue weighted by molar-refractivity contribution is 5.27. The summed E-state index contributed by atoms with van der Waals surface area (Å²) in [6.07, 6.45) is 0.830. The van der Waals surface area contributed by atoms with Crippen LogP contribution in [0.2, 0.25) is 0 Å². The minimum Gasteiger partial charge on any atom is -0.497 e. The van der Waals surface area contributed by atoms with E-state index < -0.39 is 0 Å². The van der Waals surface area contributed by atoms with Crippen molar-refractivity contribution < 1.29 is 4.74 Å². The second kappa shape index (κ2) is 5.69. The maximum atomic E-state index is 12.0. The van der Waals surface area contributed by atoms with Crippen LogP contribution in [0.1, 0.15) is 22.6 Å². The SMILES string of the molecule is COc1ccc(CN2CCc3nc(C)[nH]c(=O)c3C2)cc1. The van der Waals surface area contributed by atoms with E-state index in [2.05, 4.69) is 27.0 Å². The topological polar surface area (TPSA) is 58.2 Å². The van der Waals surface area contributed by atoms with Crippen LogP contribution in [0.5, 0.6) is 5.75 Å². The van der Waals surface area contributed by atoms with Crippen LogP contribution in [0.4, 0.5) is 0 Å². The molecule has 3 rings (SSSR count). The van der Waals surface area contributed by atoms with Crippen molar-refractivity contribution in [1.82, 2.24) is 14.9 Å². The molecule has 0 spiro atoms. The van der Waals surface area contributed by atoms with E-state index in [0.29, 0.717) is 12.4 Å². The Morgan fingerprint density at radius 2 is 2.10 bits per heavy atom. The molecule has 5 heteroatoms. The van der Waals surface area contributed by atoms with Crippen LogP contribution >= 0.6 is 0 Å². The van der Waals surface area contributed by atoms with Crippen molar-refractivity contribution in [2.24, 2.45) is 0 Å². The van der Waals surface area contributed by atoms with E-state index in [1.165, 1.54) is 5.56 Å². The Balaban J connectivity index is 1.75. The molecule has 0 amide bonds. The van der Waals surface area contributed by atoms with Crippen LogP contribution in [0.15, 0.2) is 29.1 Å². The van der Waals surface area contributed by atoms with Crippen LogP contribution in [0.3, 0.4) is 0 Å². The lowest BCUT2D eigenvalue weighted by molar-refractivity contribution is 0.241. The van der Waals surface area contributed by atoms with E-state index in [4.69, 9.17) is 4.74 Å². The number of hydrogen-bond donors (Lipinski definition) is 1. The molecule has 1 aliphatic rings. The summed E-state index contributed by atoms with van der Waals surface area (Å²) < 4.78 is 5.17. The third-order valence-electron chi connectivity index (χ3n) is 3.83. The van der Waals surface area contributed by atoms with Gasteiger partial charge in [-0.05, 0) is 24.6 Å². The Morgan fingerprint density at radius 1 is 1.33 bits per heavy atom. The molecular formula is C16H19N3O2. The third-order valence-corrected chi connectivity index (χ3v) is 3.83. The summed E-state index contributed by atoms with van der Waals surface area (Å²) in [5, 5.41) is 0. The number of aryl methyl sites for hydroxylation is 1. The average Bonchev–Trinajstić information content (AvgIpc) is 2.48. The fourth-order valence-electron chi connectivity index (χ4n) is 2.73. The second-order valence-corrected chi connectivity index (χ2v) is 5.39. The first-order valence-electron chi connectivity index (χ1n) is 7.09. The van der Waals surface area contributed by atoms with Crippen molar-refractivity contribution in [1.29, 1.82) is 0 Å². The highest BCUT2D eigenvalue weighted by Gasteiger charge is 2.20. The monoisotopic (exact) mass is 285 g/mol. The smallest absolute Gasteiger partial charge is 0.255 e. The Morgan fingerprint density at radius 3 is 2.81 bits per heavy atom. The van der Waals surface area contributed by atoms with Gasteiger partial charge in [0.1, 0.15) is 11.6 Å². The minimum absolute atomic E-state index is 0.00284. The van der Waals surface area contributed by atoms with Gasteiger partial charge in [0, 0.05) is 26.1 Å². The molecule has 0 aliphatic carbocycles. The van der Waals surface area contributed by atoms with Crippen molar-refractivity contribution in [3.05, 3.63) is 57.3 Å². The lowest BCUT2D eigenvalue weighted by Gasteiger charge is -2.27. The summed E-state index contributed by atoms with van der Waals surface area (Å²) in [5.74, 6) is 1.56. The number of benzene rings is 1. The van der Waals surface area contributed by atoms with E-state index in [9.17, 15) is 4.79 Å². The maximum Gasteiger partial charge on any atom is 0.255 e. The van der Waals surface area contributed by atoms with Crippen LogP contribution < -0.4 is 10.3 Å². The molecule has 1 N–H and O–H groups in total. The number of methoxy groups -OCH3 is 1. The Kier molecular flexibility index (Phi) is 3.75. The number of nitrogens with zero attached hydrogens (tertiary/aromatic N) is 2. The van der Waals surface area contributed by atoms with E-state index in [1.54, 1.807) is 7.11 Å². The number of ether oxygens (including phenoxy) is 1. The van der Waals surface area contributed by atoms with Gasteiger partial charge in [0.05, 0.1) is 18.4 Å². The van der Waals surface area contributed by atoms with E-state index in [0.717, 1.165) is 36.5 Å². The van der Waals surface area contributed by atoms with Gasteiger partial charge in [0.25, 0.3) is 5.56 Å². The lowest BCUT2D eigenvalue weighted by atomic mass is 10.1. The molecule has 5 nitrogen and oxygen atoms in total. The highest BCUT2D eigenvalue weighted by atomic mass is 16.5. The summed E-state index contributed by atoms with van der Waals surface area (Å²) in [6, 6.07) is 8.05. The van der Waals surface area contributed by atoms with Crippen molar-refractivity contribution >= 4 is 0 Å². The van der Waals surface area contributed by atoms with Gasteiger partial charge in [-0.1, -0.05) is 12.1 Å². The zero-order valence-electron chi connectivity index (χ0n) is 12.3. The van der Waals surface area contributed by atoms with E-state index in [1.807, 2.05) is 19.1 Å². The number of rotatable bonds is 3. The summed E-state index contributed by atoms with van der Waals surface area (Å²) in [6.45, 7) is 4.24. The zero-order valence-corrected chi connectivity index (χ0v) is 12.3. The molecule has 0 atom stereocenters. The summed E-state index contributed by atoms with van der Waals surface area (Å²) in [4.78, 5) is 21.5. The molecule has 0 fully saturated rings. The van der Waals surface area contributed by atoms with Gasteiger partial charge in [0.2, 0.25) is 0 Å². The molecule has 1 aliphatic heterocycles. The van der Waals surface area contributed by atoms with Crippen molar-refractivity contribution in [3.8, 4) is 5.75 Å². The molecule has 2 aromatic rings. The maximum absolute atomic E-state index is 12.0. The molecule has 110 valence electrons. The molecule has 2 heterocycles. The van der Waals surface area contributed by atoms with Crippen LogP contribution in [0, 0.1) is 6.92 Å². The number of hydrogen-bond acceptors (Lipinski definition) is 4. The zero-order chi connectivity index (χ0) is 14.8. The largest absolute Gasteiger partial charge is 0.497 e. The van der Waals surface area contributed by atoms with Crippen molar-refractivity contribution in [2.45, 2.75) is 26.4 Å². The van der Waals surface area contributed by atoms with Crippen LogP contribution in [0.25, 0.3) is 0 Å². The Hall–Kier alpha value is -2.14. The third kappa shape index (κ3) is 2.97. The first-order valence-corrected chi connectivity index (χ1v) is 7.09. The molecule has 0 bridgehead atoms. The van der Waals surface area contributed by atoms with E-state index in [-0.39, 0.29) is 5.56 Å². The number of fused-ring (bicyclic) bond motifs is 1. The number of aromatic nitrogens is 2. The molecule has 0 saturated carbocycles. The summed E-state index contributed by atoms with van der Waals surface area (Å²) >= 11 is 0. The average molecular weight is 285 g/mol. The molecule has 0 radical (unpaired) electrons. The minimum atomic E-state index is -0.00284.